The summed E-state index contributed by atoms with van der Waals surface area (Å²) < 4.78 is 0. The van der Waals surface area contributed by atoms with Crippen LogP contribution in [0.1, 0.15) is 28.8 Å². The van der Waals surface area contributed by atoms with Crippen molar-refractivity contribution >= 4 is 35.0 Å². The van der Waals surface area contributed by atoms with Crippen LogP contribution in [0.4, 0.5) is 5.69 Å². The molecule has 0 heterocycles. The second-order valence-corrected chi connectivity index (χ2v) is 7.19. The fourth-order valence-electron chi connectivity index (χ4n) is 2.62. The molecule has 1 aliphatic rings. The molecule has 1 saturated carbocycles. The number of carbonyl (C=O) groups excluding carboxylic acids is 3. The molecule has 3 N–H and O–H groups in total. The Morgan fingerprint density at radius 2 is 1.54 bits per heavy atom. The van der Waals surface area contributed by atoms with Crippen LogP contribution in [0.15, 0.2) is 48.5 Å². The summed E-state index contributed by atoms with van der Waals surface area (Å²) in [6.45, 7) is 0.666. The summed E-state index contributed by atoms with van der Waals surface area (Å²) in [7, 11) is 0. The molecular formula is C21H22ClN3O3. The van der Waals surface area contributed by atoms with E-state index in [4.69, 9.17) is 11.6 Å². The number of benzene rings is 2. The third kappa shape index (κ3) is 6.09. The van der Waals surface area contributed by atoms with Gasteiger partial charge in [-0.2, -0.15) is 0 Å². The Hall–Kier alpha value is -2.86. The van der Waals surface area contributed by atoms with E-state index in [0.717, 1.165) is 18.4 Å². The van der Waals surface area contributed by atoms with Gasteiger partial charge in [-0.1, -0.05) is 23.7 Å². The number of amides is 3. The fourth-order valence-corrected chi connectivity index (χ4v) is 2.75. The Morgan fingerprint density at radius 1 is 0.893 bits per heavy atom. The summed E-state index contributed by atoms with van der Waals surface area (Å²) in [5.41, 5.74) is 2.06. The molecule has 0 aliphatic heterocycles. The Morgan fingerprint density at radius 3 is 2.18 bits per heavy atom. The van der Waals surface area contributed by atoms with E-state index in [1.807, 2.05) is 0 Å². The van der Waals surface area contributed by atoms with E-state index < -0.39 is 0 Å². The maximum atomic E-state index is 12.1. The molecule has 2 aromatic carbocycles. The van der Waals surface area contributed by atoms with Gasteiger partial charge in [-0.15, -0.1) is 0 Å². The molecule has 1 aliphatic carbocycles. The van der Waals surface area contributed by atoms with Crippen molar-refractivity contribution in [3.63, 3.8) is 0 Å². The molecule has 146 valence electrons. The van der Waals surface area contributed by atoms with Crippen molar-refractivity contribution in [3.8, 4) is 0 Å². The van der Waals surface area contributed by atoms with E-state index in [-0.39, 0.29) is 30.1 Å². The number of anilines is 1. The predicted molar refractivity (Wildman–Crippen MR) is 108 cm³/mol. The summed E-state index contributed by atoms with van der Waals surface area (Å²) in [4.78, 5) is 35.8. The van der Waals surface area contributed by atoms with Gasteiger partial charge in [0, 0.05) is 35.3 Å². The van der Waals surface area contributed by atoms with Gasteiger partial charge >= 0.3 is 0 Å². The third-order valence-electron chi connectivity index (χ3n) is 4.37. The van der Waals surface area contributed by atoms with Crippen LogP contribution >= 0.6 is 11.6 Å². The van der Waals surface area contributed by atoms with Crippen molar-refractivity contribution in [2.45, 2.75) is 19.3 Å². The molecule has 1 fully saturated rings. The van der Waals surface area contributed by atoms with Crippen molar-refractivity contribution < 1.29 is 14.4 Å². The lowest BCUT2D eigenvalue weighted by Crippen LogP contribution is -2.35. The van der Waals surface area contributed by atoms with E-state index in [9.17, 15) is 14.4 Å². The first-order chi connectivity index (χ1) is 13.5. The van der Waals surface area contributed by atoms with Crippen molar-refractivity contribution in [1.29, 1.82) is 0 Å². The van der Waals surface area contributed by atoms with Gasteiger partial charge in [0.25, 0.3) is 5.91 Å². The van der Waals surface area contributed by atoms with Crippen molar-refractivity contribution in [3.05, 3.63) is 64.7 Å². The maximum absolute atomic E-state index is 12.1. The Bertz CT molecular complexity index is 846. The summed E-state index contributed by atoms with van der Waals surface area (Å²) in [6.07, 6.45) is 2.16. The average Bonchev–Trinajstić information content (AvgIpc) is 3.53. The number of hydrogen-bond donors (Lipinski definition) is 3. The molecule has 0 aromatic heterocycles. The molecule has 0 spiro atoms. The molecule has 28 heavy (non-hydrogen) atoms. The smallest absolute Gasteiger partial charge is 0.251 e. The van der Waals surface area contributed by atoms with Crippen molar-refractivity contribution in [1.82, 2.24) is 10.6 Å². The van der Waals surface area contributed by atoms with Crippen LogP contribution in [0.5, 0.6) is 0 Å². The number of halogens is 1. The third-order valence-corrected chi connectivity index (χ3v) is 4.63. The predicted octanol–water partition coefficient (Wildman–Crippen LogP) is 2.78. The lowest BCUT2D eigenvalue weighted by molar-refractivity contribution is -0.120. The maximum Gasteiger partial charge on any atom is 0.251 e. The monoisotopic (exact) mass is 399 g/mol. The fraction of sp³-hybridized carbons (Fsp3) is 0.286. The van der Waals surface area contributed by atoms with Crippen LogP contribution in [0.2, 0.25) is 5.02 Å². The molecular weight excluding hydrogens is 378 g/mol. The van der Waals surface area contributed by atoms with Gasteiger partial charge in [0.1, 0.15) is 0 Å². The highest BCUT2D eigenvalue weighted by molar-refractivity contribution is 6.30. The second kappa shape index (κ2) is 9.37. The zero-order chi connectivity index (χ0) is 19.9. The molecule has 0 atom stereocenters. The summed E-state index contributed by atoms with van der Waals surface area (Å²) in [5.74, 6) is -0.177. The van der Waals surface area contributed by atoms with Gasteiger partial charge in [0.05, 0.1) is 6.42 Å². The van der Waals surface area contributed by atoms with Crippen LogP contribution in [0, 0.1) is 5.92 Å². The Balaban J connectivity index is 1.36. The summed E-state index contributed by atoms with van der Waals surface area (Å²) in [5, 5.41) is 8.98. The molecule has 2 aromatic rings. The number of nitrogens with one attached hydrogen (secondary N) is 3. The van der Waals surface area contributed by atoms with Gasteiger partial charge in [0.15, 0.2) is 0 Å². The Kier molecular flexibility index (Phi) is 6.66. The van der Waals surface area contributed by atoms with Gasteiger partial charge in [-0.25, -0.2) is 0 Å². The van der Waals surface area contributed by atoms with Crippen LogP contribution < -0.4 is 16.0 Å². The van der Waals surface area contributed by atoms with Crippen LogP contribution in [-0.4, -0.2) is 30.8 Å². The van der Waals surface area contributed by atoms with Gasteiger partial charge < -0.3 is 16.0 Å². The lowest BCUT2D eigenvalue weighted by atomic mass is 10.1. The van der Waals surface area contributed by atoms with E-state index >= 15 is 0 Å². The normalized spacial score (nSPS) is 12.9. The Labute approximate surface area is 168 Å². The molecule has 7 heteroatoms. The van der Waals surface area contributed by atoms with Crippen LogP contribution in [0.25, 0.3) is 0 Å². The highest BCUT2D eigenvalue weighted by atomic mass is 35.5. The highest BCUT2D eigenvalue weighted by Crippen LogP contribution is 2.30. The van der Waals surface area contributed by atoms with E-state index in [1.54, 1.807) is 48.5 Å². The van der Waals surface area contributed by atoms with E-state index in [1.165, 1.54) is 0 Å². The highest BCUT2D eigenvalue weighted by Gasteiger charge is 2.29. The van der Waals surface area contributed by atoms with Gasteiger partial charge in [-0.3, -0.25) is 14.4 Å². The van der Waals surface area contributed by atoms with E-state index in [0.29, 0.717) is 29.4 Å². The first-order valence-corrected chi connectivity index (χ1v) is 9.59. The molecule has 0 saturated heterocycles. The average molecular weight is 400 g/mol. The minimum Gasteiger partial charge on any atom is -0.354 e. The minimum atomic E-state index is -0.230. The van der Waals surface area contributed by atoms with Crippen LogP contribution in [0.3, 0.4) is 0 Å². The summed E-state index contributed by atoms with van der Waals surface area (Å²) >= 11 is 5.82. The molecule has 3 rings (SSSR count). The largest absolute Gasteiger partial charge is 0.354 e. The first-order valence-electron chi connectivity index (χ1n) is 9.21. The molecule has 0 bridgehead atoms. The van der Waals surface area contributed by atoms with E-state index in [2.05, 4.69) is 16.0 Å². The van der Waals surface area contributed by atoms with Crippen LogP contribution in [-0.2, 0) is 16.0 Å². The van der Waals surface area contributed by atoms with Crippen molar-refractivity contribution in [2.24, 2.45) is 5.92 Å². The lowest BCUT2D eigenvalue weighted by Gasteiger charge is -2.08. The quantitative estimate of drug-likeness (QED) is 0.596. The zero-order valence-electron chi connectivity index (χ0n) is 15.3. The zero-order valence-corrected chi connectivity index (χ0v) is 16.1. The molecule has 3 amide bonds. The summed E-state index contributed by atoms with van der Waals surface area (Å²) in [6, 6.07) is 13.8. The number of hydrogen-bond acceptors (Lipinski definition) is 3. The number of carbonyl (C=O) groups is 3. The van der Waals surface area contributed by atoms with Gasteiger partial charge in [-0.05, 0) is 54.8 Å². The second-order valence-electron chi connectivity index (χ2n) is 6.75. The molecule has 6 nitrogen and oxygen atoms in total. The first kappa shape index (κ1) is 19.9. The standard InChI is InChI=1S/C21H22ClN3O3/c22-17-7-1-14(2-8-17)13-19(26)23-11-12-24-20(27)15-5-9-18(10-6-15)25-21(28)16-3-4-16/h1-2,5-10,16H,3-4,11-13H2,(H,23,26)(H,24,27)(H,25,28). The molecule has 0 radical (unpaired) electrons. The minimum absolute atomic E-state index is 0.0338. The van der Waals surface area contributed by atoms with Gasteiger partial charge in [0.2, 0.25) is 11.8 Å². The van der Waals surface area contributed by atoms with Crippen molar-refractivity contribution in [2.75, 3.05) is 18.4 Å². The number of rotatable bonds is 8. The topological polar surface area (TPSA) is 87.3 Å². The SMILES string of the molecule is O=C(Cc1ccc(Cl)cc1)NCCNC(=O)c1ccc(NC(=O)C2CC2)cc1. The molecule has 0 unspecified atom stereocenters.